The van der Waals surface area contributed by atoms with Crippen molar-refractivity contribution in [3.05, 3.63) is 59.7 Å². The molecule has 8 heteroatoms. The largest absolute Gasteiger partial charge is 0.454 e. The Bertz CT molecular complexity index is 913. The third-order valence-electron chi connectivity index (χ3n) is 5.44. The van der Waals surface area contributed by atoms with Gasteiger partial charge >= 0.3 is 6.09 Å². The molecule has 8 nitrogen and oxygen atoms in total. The van der Waals surface area contributed by atoms with Gasteiger partial charge in [-0.15, -0.1) is 0 Å². The highest BCUT2D eigenvalue weighted by Gasteiger charge is 2.26. The summed E-state index contributed by atoms with van der Waals surface area (Å²) in [6, 6.07) is 14.8. The highest BCUT2D eigenvalue weighted by molar-refractivity contribution is 5.85. The van der Waals surface area contributed by atoms with E-state index in [1.54, 1.807) is 11.8 Å². The van der Waals surface area contributed by atoms with Gasteiger partial charge in [-0.1, -0.05) is 36.4 Å². The fourth-order valence-corrected chi connectivity index (χ4v) is 3.70. The maximum atomic E-state index is 12.7. The Labute approximate surface area is 181 Å². The van der Waals surface area contributed by atoms with Gasteiger partial charge in [0.05, 0.1) is 0 Å². The van der Waals surface area contributed by atoms with Crippen molar-refractivity contribution in [2.75, 3.05) is 33.0 Å². The zero-order valence-electron chi connectivity index (χ0n) is 17.6. The molecule has 1 fully saturated rings. The van der Waals surface area contributed by atoms with Gasteiger partial charge < -0.3 is 24.4 Å². The van der Waals surface area contributed by atoms with Crippen LogP contribution >= 0.6 is 0 Å². The van der Waals surface area contributed by atoms with Crippen LogP contribution < -0.4 is 14.8 Å². The minimum absolute atomic E-state index is 0.0978. The Hall–Kier alpha value is -3.26. The number of hydrogen-bond acceptors (Lipinski definition) is 6. The third-order valence-corrected chi connectivity index (χ3v) is 5.44. The van der Waals surface area contributed by atoms with Gasteiger partial charge in [0.2, 0.25) is 12.7 Å². The van der Waals surface area contributed by atoms with Crippen LogP contribution in [0.25, 0.3) is 0 Å². The van der Waals surface area contributed by atoms with Gasteiger partial charge in [-0.3, -0.25) is 9.69 Å². The second-order valence-corrected chi connectivity index (χ2v) is 7.72. The molecule has 0 bridgehead atoms. The van der Waals surface area contributed by atoms with E-state index in [2.05, 4.69) is 10.2 Å². The van der Waals surface area contributed by atoms with E-state index >= 15 is 0 Å². The van der Waals surface area contributed by atoms with Crippen molar-refractivity contribution in [3.63, 3.8) is 0 Å². The Morgan fingerprint density at radius 3 is 2.52 bits per heavy atom. The van der Waals surface area contributed by atoms with E-state index in [4.69, 9.17) is 14.2 Å². The number of nitrogens with one attached hydrogen (secondary N) is 1. The van der Waals surface area contributed by atoms with E-state index in [0.717, 1.165) is 42.3 Å². The molecule has 2 aliphatic heterocycles. The molecule has 0 saturated carbocycles. The highest BCUT2D eigenvalue weighted by Crippen LogP contribution is 2.32. The van der Waals surface area contributed by atoms with Crippen LogP contribution in [0.1, 0.15) is 18.1 Å². The van der Waals surface area contributed by atoms with Crippen molar-refractivity contribution in [1.82, 2.24) is 15.1 Å². The molecule has 1 atom stereocenters. The van der Waals surface area contributed by atoms with Gasteiger partial charge in [-0.25, -0.2) is 4.79 Å². The van der Waals surface area contributed by atoms with Crippen molar-refractivity contribution in [2.45, 2.75) is 26.1 Å². The summed E-state index contributed by atoms with van der Waals surface area (Å²) in [4.78, 5) is 28.8. The van der Waals surface area contributed by atoms with Gasteiger partial charge in [-0.05, 0) is 30.2 Å². The summed E-state index contributed by atoms with van der Waals surface area (Å²) in [6.07, 6.45) is -0.592. The minimum Gasteiger partial charge on any atom is -0.454 e. The number of alkyl carbamates (subject to hydrolysis) is 1. The van der Waals surface area contributed by atoms with Crippen LogP contribution in [-0.2, 0) is 22.7 Å². The monoisotopic (exact) mass is 425 g/mol. The maximum absolute atomic E-state index is 12.7. The maximum Gasteiger partial charge on any atom is 0.408 e. The van der Waals surface area contributed by atoms with E-state index in [-0.39, 0.29) is 19.3 Å². The quantitative estimate of drug-likeness (QED) is 0.766. The molecule has 0 aliphatic carbocycles. The molecule has 2 heterocycles. The summed E-state index contributed by atoms with van der Waals surface area (Å²) in [6.45, 7) is 5.70. The third kappa shape index (κ3) is 5.46. The topological polar surface area (TPSA) is 80.3 Å². The summed E-state index contributed by atoms with van der Waals surface area (Å²) >= 11 is 0. The van der Waals surface area contributed by atoms with E-state index in [0.29, 0.717) is 13.1 Å². The van der Waals surface area contributed by atoms with Crippen molar-refractivity contribution < 1.29 is 23.8 Å². The SMILES string of the molecule is CC(NC(=O)OCc1ccccc1)C(=O)N1CCN(Cc2ccc3c(c2)OCO3)CC1. The Kier molecular flexibility index (Phi) is 6.57. The molecular weight excluding hydrogens is 398 g/mol. The second kappa shape index (κ2) is 9.70. The smallest absolute Gasteiger partial charge is 0.408 e. The number of benzene rings is 2. The molecule has 2 aliphatic rings. The number of hydrogen-bond donors (Lipinski definition) is 1. The van der Waals surface area contributed by atoms with Gasteiger partial charge in [0.25, 0.3) is 0 Å². The molecule has 0 radical (unpaired) electrons. The van der Waals surface area contributed by atoms with E-state index in [9.17, 15) is 9.59 Å². The predicted molar refractivity (Wildman–Crippen MR) is 114 cm³/mol. The predicted octanol–water partition coefficient (Wildman–Crippen LogP) is 2.37. The lowest BCUT2D eigenvalue weighted by Gasteiger charge is -2.36. The first-order valence-corrected chi connectivity index (χ1v) is 10.5. The molecule has 4 rings (SSSR count). The summed E-state index contributed by atoms with van der Waals surface area (Å²) < 4.78 is 16.0. The van der Waals surface area contributed by atoms with Crippen molar-refractivity contribution in [3.8, 4) is 11.5 Å². The minimum atomic E-state index is -0.635. The fourth-order valence-electron chi connectivity index (χ4n) is 3.70. The number of carbonyl (C=O) groups excluding carboxylic acids is 2. The van der Waals surface area contributed by atoms with Crippen LogP contribution in [0.4, 0.5) is 4.79 Å². The lowest BCUT2D eigenvalue weighted by atomic mass is 10.1. The number of ether oxygens (including phenoxy) is 3. The van der Waals surface area contributed by atoms with Crippen LogP contribution in [0, 0.1) is 0 Å². The fraction of sp³-hybridized carbons (Fsp3) is 0.391. The standard InChI is InChI=1S/C23H27N3O5/c1-17(24-23(28)29-15-18-5-3-2-4-6-18)22(27)26-11-9-25(10-12-26)14-19-7-8-20-21(13-19)31-16-30-20/h2-8,13,17H,9-12,14-16H2,1H3,(H,24,28). The summed E-state index contributed by atoms with van der Waals surface area (Å²) in [7, 11) is 0. The first-order chi connectivity index (χ1) is 15.1. The number of rotatable bonds is 6. The molecule has 0 aromatic heterocycles. The zero-order valence-corrected chi connectivity index (χ0v) is 17.6. The summed E-state index contributed by atoms with van der Waals surface area (Å²) in [5.41, 5.74) is 2.05. The molecule has 2 amide bonds. The molecule has 1 saturated heterocycles. The van der Waals surface area contributed by atoms with E-state index in [1.165, 1.54) is 0 Å². The van der Waals surface area contributed by atoms with Crippen LogP contribution in [0.3, 0.4) is 0 Å². The number of piperazine rings is 1. The molecule has 1 unspecified atom stereocenters. The van der Waals surface area contributed by atoms with Crippen LogP contribution in [0.2, 0.25) is 0 Å². The van der Waals surface area contributed by atoms with Crippen LogP contribution in [0.15, 0.2) is 48.5 Å². The molecule has 2 aromatic rings. The lowest BCUT2D eigenvalue weighted by Crippen LogP contribution is -2.53. The van der Waals surface area contributed by atoms with Crippen molar-refractivity contribution in [2.24, 2.45) is 0 Å². The van der Waals surface area contributed by atoms with Gasteiger partial charge in [0.15, 0.2) is 11.5 Å². The molecule has 2 aromatic carbocycles. The average molecular weight is 425 g/mol. The van der Waals surface area contributed by atoms with Crippen LogP contribution in [0.5, 0.6) is 11.5 Å². The Morgan fingerprint density at radius 1 is 1.00 bits per heavy atom. The molecular formula is C23H27N3O5. The van der Waals surface area contributed by atoms with Crippen molar-refractivity contribution >= 4 is 12.0 Å². The first-order valence-electron chi connectivity index (χ1n) is 10.5. The van der Waals surface area contributed by atoms with Gasteiger partial charge in [0, 0.05) is 32.7 Å². The summed E-state index contributed by atoms with van der Waals surface area (Å²) in [5, 5.41) is 2.63. The Morgan fingerprint density at radius 2 is 1.74 bits per heavy atom. The second-order valence-electron chi connectivity index (χ2n) is 7.72. The van der Waals surface area contributed by atoms with E-state index < -0.39 is 12.1 Å². The normalized spacial score (nSPS) is 16.6. The number of carbonyl (C=O) groups is 2. The number of fused-ring (bicyclic) bond motifs is 1. The molecule has 164 valence electrons. The first kappa shape index (κ1) is 21.0. The number of nitrogens with zero attached hydrogens (tertiary/aromatic N) is 2. The lowest BCUT2D eigenvalue weighted by molar-refractivity contribution is -0.134. The summed E-state index contributed by atoms with van der Waals surface area (Å²) in [5.74, 6) is 1.47. The number of amides is 2. The van der Waals surface area contributed by atoms with Crippen molar-refractivity contribution in [1.29, 1.82) is 0 Å². The van der Waals surface area contributed by atoms with E-state index in [1.807, 2.05) is 48.5 Å². The van der Waals surface area contributed by atoms with Gasteiger partial charge in [0.1, 0.15) is 12.6 Å². The van der Waals surface area contributed by atoms with Crippen LogP contribution in [-0.4, -0.2) is 60.8 Å². The molecule has 0 spiro atoms. The zero-order chi connectivity index (χ0) is 21.6. The average Bonchev–Trinajstić information content (AvgIpc) is 3.26. The molecule has 31 heavy (non-hydrogen) atoms. The molecule has 1 N–H and O–H groups in total. The van der Waals surface area contributed by atoms with Gasteiger partial charge in [-0.2, -0.15) is 0 Å². The highest BCUT2D eigenvalue weighted by atomic mass is 16.7. The Balaban J connectivity index is 1.20.